The van der Waals surface area contributed by atoms with Crippen molar-refractivity contribution >= 4 is 0 Å². The van der Waals surface area contributed by atoms with E-state index in [0.29, 0.717) is 24.2 Å². The van der Waals surface area contributed by atoms with Crippen molar-refractivity contribution in [2.75, 3.05) is 0 Å². The van der Waals surface area contributed by atoms with E-state index in [1.165, 1.54) is 17.7 Å². The Morgan fingerprint density at radius 1 is 1.11 bits per heavy atom. The Morgan fingerprint density at radius 3 is 2.53 bits per heavy atom. The Morgan fingerprint density at radius 2 is 1.84 bits per heavy atom. The van der Waals surface area contributed by atoms with Crippen LogP contribution in [0.3, 0.4) is 0 Å². The lowest BCUT2D eigenvalue weighted by atomic mass is 10.1. The molecule has 0 aliphatic rings. The zero-order chi connectivity index (χ0) is 13.7. The molecule has 0 saturated carbocycles. The van der Waals surface area contributed by atoms with E-state index in [1.807, 2.05) is 37.3 Å². The van der Waals surface area contributed by atoms with Crippen molar-refractivity contribution in [1.29, 1.82) is 5.26 Å². The molecule has 0 fully saturated rings. The third-order valence-corrected chi connectivity index (χ3v) is 2.94. The predicted octanol–water partition coefficient (Wildman–Crippen LogP) is 3.30. The number of benzene rings is 2. The first kappa shape index (κ1) is 13.3. The first-order valence-electron chi connectivity index (χ1n) is 6.14. The van der Waals surface area contributed by atoms with Crippen molar-refractivity contribution in [3.63, 3.8) is 0 Å². The van der Waals surface area contributed by atoms with Gasteiger partial charge in [0.15, 0.2) is 0 Å². The molecule has 0 atom stereocenters. The van der Waals surface area contributed by atoms with E-state index in [9.17, 15) is 4.39 Å². The molecule has 0 bridgehead atoms. The Kier molecular flexibility index (Phi) is 4.27. The Labute approximate surface area is 112 Å². The molecule has 0 radical (unpaired) electrons. The van der Waals surface area contributed by atoms with E-state index >= 15 is 0 Å². The maximum atomic E-state index is 13.5. The normalized spacial score (nSPS) is 10.2. The van der Waals surface area contributed by atoms with Crippen LogP contribution in [-0.4, -0.2) is 0 Å². The van der Waals surface area contributed by atoms with Crippen LogP contribution in [0.1, 0.15) is 22.3 Å². The van der Waals surface area contributed by atoms with Gasteiger partial charge in [0.05, 0.1) is 11.6 Å². The van der Waals surface area contributed by atoms with Crippen molar-refractivity contribution in [1.82, 2.24) is 5.32 Å². The molecule has 3 heteroatoms. The SMILES string of the molecule is Cc1ccc(CNCc2cc(C#N)ccc2F)cc1. The summed E-state index contributed by atoms with van der Waals surface area (Å²) in [5.41, 5.74) is 3.37. The summed E-state index contributed by atoms with van der Waals surface area (Å²) in [6, 6.07) is 14.6. The van der Waals surface area contributed by atoms with Gasteiger partial charge in [0.25, 0.3) is 0 Å². The molecule has 0 heterocycles. The molecule has 0 aromatic heterocycles. The summed E-state index contributed by atoms with van der Waals surface area (Å²) in [5, 5.41) is 12.0. The fraction of sp³-hybridized carbons (Fsp3) is 0.188. The number of nitriles is 1. The monoisotopic (exact) mass is 254 g/mol. The molecule has 0 spiro atoms. The van der Waals surface area contributed by atoms with E-state index < -0.39 is 0 Å². The van der Waals surface area contributed by atoms with Gasteiger partial charge in [-0.1, -0.05) is 29.8 Å². The Balaban J connectivity index is 1.96. The van der Waals surface area contributed by atoms with E-state index in [1.54, 1.807) is 6.07 Å². The summed E-state index contributed by atoms with van der Waals surface area (Å²) < 4.78 is 13.5. The molecule has 0 aliphatic carbocycles. The summed E-state index contributed by atoms with van der Waals surface area (Å²) in [4.78, 5) is 0. The van der Waals surface area contributed by atoms with Gasteiger partial charge in [-0.3, -0.25) is 0 Å². The van der Waals surface area contributed by atoms with Crippen molar-refractivity contribution in [2.45, 2.75) is 20.0 Å². The molecule has 19 heavy (non-hydrogen) atoms. The second-order valence-corrected chi connectivity index (χ2v) is 4.51. The molecule has 0 aliphatic heterocycles. The smallest absolute Gasteiger partial charge is 0.127 e. The van der Waals surface area contributed by atoms with Crippen molar-refractivity contribution in [3.05, 3.63) is 70.5 Å². The second-order valence-electron chi connectivity index (χ2n) is 4.51. The van der Waals surface area contributed by atoms with Gasteiger partial charge in [0.1, 0.15) is 5.82 Å². The Bertz CT molecular complexity index is 597. The van der Waals surface area contributed by atoms with Crippen molar-refractivity contribution in [2.24, 2.45) is 0 Å². The highest BCUT2D eigenvalue weighted by Crippen LogP contribution is 2.10. The first-order valence-corrected chi connectivity index (χ1v) is 6.14. The van der Waals surface area contributed by atoms with Crippen LogP contribution in [0, 0.1) is 24.1 Å². The van der Waals surface area contributed by atoms with Gasteiger partial charge in [-0.05, 0) is 30.7 Å². The Hall–Kier alpha value is -2.18. The van der Waals surface area contributed by atoms with E-state index in [2.05, 4.69) is 5.32 Å². The lowest BCUT2D eigenvalue weighted by Crippen LogP contribution is -2.13. The zero-order valence-electron chi connectivity index (χ0n) is 10.8. The van der Waals surface area contributed by atoms with Crippen molar-refractivity contribution in [3.8, 4) is 6.07 Å². The lowest BCUT2D eigenvalue weighted by Gasteiger charge is -2.07. The van der Waals surface area contributed by atoms with Crippen LogP contribution in [0.4, 0.5) is 4.39 Å². The number of nitrogens with one attached hydrogen (secondary N) is 1. The zero-order valence-corrected chi connectivity index (χ0v) is 10.8. The molecule has 2 aromatic rings. The van der Waals surface area contributed by atoms with Crippen LogP contribution in [0.25, 0.3) is 0 Å². The maximum absolute atomic E-state index is 13.5. The summed E-state index contributed by atoms with van der Waals surface area (Å²) in [6.07, 6.45) is 0. The van der Waals surface area contributed by atoms with Gasteiger partial charge in [-0.25, -0.2) is 4.39 Å². The van der Waals surface area contributed by atoms with Crippen LogP contribution < -0.4 is 5.32 Å². The highest BCUT2D eigenvalue weighted by atomic mass is 19.1. The van der Waals surface area contributed by atoms with E-state index in [0.717, 1.165) is 5.56 Å². The molecular formula is C16H15FN2. The average molecular weight is 254 g/mol. The molecule has 96 valence electrons. The van der Waals surface area contributed by atoms with Gasteiger partial charge in [0, 0.05) is 18.7 Å². The number of halogens is 1. The molecule has 1 N–H and O–H groups in total. The second kappa shape index (κ2) is 6.12. The minimum atomic E-state index is -0.282. The maximum Gasteiger partial charge on any atom is 0.127 e. The molecule has 2 aromatic carbocycles. The molecule has 0 amide bonds. The topological polar surface area (TPSA) is 35.8 Å². The average Bonchev–Trinajstić information content (AvgIpc) is 2.43. The molecule has 0 saturated heterocycles. The van der Waals surface area contributed by atoms with E-state index in [-0.39, 0.29) is 5.82 Å². The fourth-order valence-electron chi connectivity index (χ4n) is 1.83. The fourth-order valence-corrected chi connectivity index (χ4v) is 1.83. The van der Waals surface area contributed by atoms with Crippen LogP contribution >= 0.6 is 0 Å². The summed E-state index contributed by atoms with van der Waals surface area (Å²) in [6.45, 7) is 3.13. The molecule has 0 unspecified atom stereocenters. The number of aryl methyl sites for hydroxylation is 1. The largest absolute Gasteiger partial charge is 0.309 e. The summed E-state index contributed by atoms with van der Waals surface area (Å²) in [7, 11) is 0. The van der Waals surface area contributed by atoms with Gasteiger partial charge in [0.2, 0.25) is 0 Å². The van der Waals surface area contributed by atoms with Crippen LogP contribution in [0.15, 0.2) is 42.5 Å². The van der Waals surface area contributed by atoms with Crippen LogP contribution in [0.5, 0.6) is 0 Å². The van der Waals surface area contributed by atoms with Gasteiger partial charge >= 0.3 is 0 Å². The number of hydrogen-bond donors (Lipinski definition) is 1. The quantitative estimate of drug-likeness (QED) is 0.908. The van der Waals surface area contributed by atoms with Crippen LogP contribution in [-0.2, 0) is 13.1 Å². The van der Waals surface area contributed by atoms with Gasteiger partial charge in [-0.15, -0.1) is 0 Å². The standard InChI is InChI=1S/C16H15FN2/c1-12-2-4-13(5-3-12)10-19-11-15-8-14(9-18)6-7-16(15)17/h2-8,19H,10-11H2,1H3. The first-order chi connectivity index (χ1) is 9.19. The highest BCUT2D eigenvalue weighted by molar-refractivity contribution is 5.33. The minimum Gasteiger partial charge on any atom is -0.309 e. The highest BCUT2D eigenvalue weighted by Gasteiger charge is 2.03. The van der Waals surface area contributed by atoms with Crippen LogP contribution in [0.2, 0.25) is 0 Å². The summed E-state index contributed by atoms with van der Waals surface area (Å²) in [5.74, 6) is -0.282. The predicted molar refractivity (Wildman–Crippen MR) is 72.8 cm³/mol. The number of hydrogen-bond acceptors (Lipinski definition) is 2. The molecular weight excluding hydrogens is 239 g/mol. The number of nitrogens with zero attached hydrogens (tertiary/aromatic N) is 1. The number of rotatable bonds is 4. The molecule has 2 nitrogen and oxygen atoms in total. The molecule has 2 rings (SSSR count). The third kappa shape index (κ3) is 3.64. The van der Waals surface area contributed by atoms with Crippen molar-refractivity contribution < 1.29 is 4.39 Å². The lowest BCUT2D eigenvalue weighted by molar-refractivity contribution is 0.587. The minimum absolute atomic E-state index is 0.282. The van der Waals surface area contributed by atoms with Gasteiger partial charge < -0.3 is 5.32 Å². The summed E-state index contributed by atoms with van der Waals surface area (Å²) >= 11 is 0. The van der Waals surface area contributed by atoms with E-state index in [4.69, 9.17) is 5.26 Å². The third-order valence-electron chi connectivity index (χ3n) is 2.94. The van der Waals surface area contributed by atoms with Gasteiger partial charge in [-0.2, -0.15) is 5.26 Å².